The van der Waals surface area contributed by atoms with E-state index in [1.54, 1.807) is 12.1 Å². The highest BCUT2D eigenvalue weighted by molar-refractivity contribution is 14.1. The first kappa shape index (κ1) is 13.9. The number of anilines is 3. The number of pyridine rings is 1. The van der Waals surface area contributed by atoms with Crippen molar-refractivity contribution in [2.45, 2.75) is 0 Å². The number of carboxylic acids is 1. The van der Waals surface area contributed by atoms with Gasteiger partial charge in [0.15, 0.2) is 5.82 Å². The lowest BCUT2D eigenvalue weighted by molar-refractivity contribution is 0.0696. The van der Waals surface area contributed by atoms with Crippen molar-refractivity contribution >= 4 is 57.4 Å². The van der Waals surface area contributed by atoms with Gasteiger partial charge in [-0.2, -0.15) is 0 Å². The number of hydrogen-bond acceptors (Lipinski definition) is 4. The fourth-order valence-electron chi connectivity index (χ4n) is 1.42. The summed E-state index contributed by atoms with van der Waals surface area (Å²) in [6, 6.07) is 6.83. The van der Waals surface area contributed by atoms with E-state index in [0.717, 1.165) is 3.57 Å². The van der Waals surface area contributed by atoms with Gasteiger partial charge in [0.25, 0.3) is 0 Å². The summed E-state index contributed by atoms with van der Waals surface area (Å²) >= 11 is 8.24. The van der Waals surface area contributed by atoms with Crippen LogP contribution in [-0.4, -0.2) is 16.1 Å². The molecular weight excluding hydrogens is 381 g/mol. The molecule has 0 atom stereocenters. The largest absolute Gasteiger partial charge is 0.478 e. The van der Waals surface area contributed by atoms with Crippen molar-refractivity contribution in [3.63, 3.8) is 0 Å². The number of carboxylic acid groups (broad SMARTS) is 1. The third-order valence-corrected chi connectivity index (χ3v) is 3.33. The Bertz CT molecular complexity index is 649. The molecule has 0 radical (unpaired) electrons. The number of hydrogen-bond donors (Lipinski definition) is 3. The molecule has 0 aliphatic heterocycles. The molecule has 1 aromatic heterocycles. The molecule has 0 fully saturated rings. The number of carbonyl (C=O) groups is 1. The Hall–Kier alpha value is -1.54. The number of benzene rings is 1. The molecular formula is C12H9ClIN3O2. The zero-order valence-corrected chi connectivity index (χ0v) is 12.4. The van der Waals surface area contributed by atoms with E-state index >= 15 is 0 Å². The zero-order chi connectivity index (χ0) is 14.0. The number of nitrogens with zero attached hydrogens (tertiary/aromatic N) is 1. The second kappa shape index (κ2) is 5.62. The van der Waals surface area contributed by atoms with Crippen LogP contribution in [0.25, 0.3) is 0 Å². The van der Waals surface area contributed by atoms with Gasteiger partial charge in [0.2, 0.25) is 0 Å². The Balaban J connectivity index is 2.31. The first-order valence-electron chi connectivity index (χ1n) is 5.18. The topological polar surface area (TPSA) is 88.2 Å². The highest BCUT2D eigenvalue weighted by Gasteiger charge is 2.09. The highest BCUT2D eigenvalue weighted by Crippen LogP contribution is 2.28. The highest BCUT2D eigenvalue weighted by atomic mass is 127. The molecule has 0 spiro atoms. The lowest BCUT2D eigenvalue weighted by Crippen LogP contribution is -2.04. The van der Waals surface area contributed by atoms with Crippen LogP contribution in [0.15, 0.2) is 30.5 Å². The van der Waals surface area contributed by atoms with Crippen molar-refractivity contribution in [2.24, 2.45) is 0 Å². The summed E-state index contributed by atoms with van der Waals surface area (Å²) in [4.78, 5) is 14.8. The first-order valence-corrected chi connectivity index (χ1v) is 6.64. The molecule has 1 heterocycles. The second-order valence-corrected chi connectivity index (χ2v) is 5.37. The molecule has 0 saturated carbocycles. The number of aromatic nitrogens is 1. The second-order valence-electron chi connectivity index (χ2n) is 3.72. The summed E-state index contributed by atoms with van der Waals surface area (Å²) in [5.41, 5.74) is 6.69. The smallest absolute Gasteiger partial charge is 0.337 e. The van der Waals surface area contributed by atoms with Gasteiger partial charge in [-0.15, -0.1) is 0 Å². The minimum absolute atomic E-state index is 0.0387. The molecule has 0 unspecified atom stereocenters. The molecule has 7 heteroatoms. The standard InChI is InChI=1S/C12H9ClIN3O2/c13-8-4-7(14)1-2-10(8)17-11-9(15)3-6(5-16-11)12(18)19/h1-5H,15H2,(H,16,17)(H,18,19). The summed E-state index contributed by atoms with van der Waals surface area (Å²) in [6.07, 6.45) is 1.24. The fourth-order valence-corrected chi connectivity index (χ4v) is 2.32. The van der Waals surface area contributed by atoms with Crippen LogP contribution < -0.4 is 11.1 Å². The minimum Gasteiger partial charge on any atom is -0.478 e. The molecule has 0 amide bonds. The average Bonchev–Trinajstić information content (AvgIpc) is 2.34. The van der Waals surface area contributed by atoms with Crippen molar-refractivity contribution in [1.82, 2.24) is 4.98 Å². The van der Waals surface area contributed by atoms with Crippen LogP contribution in [0.2, 0.25) is 5.02 Å². The monoisotopic (exact) mass is 389 g/mol. The predicted molar refractivity (Wildman–Crippen MR) is 83.1 cm³/mol. The molecule has 2 rings (SSSR count). The zero-order valence-electron chi connectivity index (χ0n) is 9.52. The molecule has 98 valence electrons. The first-order chi connectivity index (χ1) is 8.97. The number of rotatable bonds is 3. The van der Waals surface area contributed by atoms with Crippen LogP contribution in [0.1, 0.15) is 10.4 Å². The maximum absolute atomic E-state index is 10.8. The van der Waals surface area contributed by atoms with E-state index in [1.807, 2.05) is 6.07 Å². The van der Waals surface area contributed by atoms with E-state index in [9.17, 15) is 4.79 Å². The average molecular weight is 390 g/mol. The number of aromatic carboxylic acids is 1. The molecule has 0 saturated heterocycles. The molecule has 2 aromatic rings. The van der Waals surface area contributed by atoms with Gasteiger partial charge in [-0.3, -0.25) is 0 Å². The van der Waals surface area contributed by atoms with Crippen LogP contribution in [0.3, 0.4) is 0 Å². The molecule has 0 aliphatic carbocycles. The molecule has 5 nitrogen and oxygen atoms in total. The Labute approximate surface area is 127 Å². The van der Waals surface area contributed by atoms with Crippen LogP contribution >= 0.6 is 34.2 Å². The van der Waals surface area contributed by atoms with Crippen LogP contribution in [0.5, 0.6) is 0 Å². The normalized spacial score (nSPS) is 10.2. The quantitative estimate of drug-likeness (QED) is 0.701. The maximum Gasteiger partial charge on any atom is 0.337 e. The van der Waals surface area contributed by atoms with Gasteiger partial charge in [0.05, 0.1) is 22.0 Å². The van der Waals surface area contributed by atoms with E-state index in [0.29, 0.717) is 16.5 Å². The van der Waals surface area contributed by atoms with Gasteiger partial charge in [0, 0.05) is 9.77 Å². The van der Waals surface area contributed by atoms with E-state index in [2.05, 4.69) is 32.9 Å². The molecule has 1 aromatic carbocycles. The Morgan fingerprint density at radius 3 is 2.74 bits per heavy atom. The van der Waals surface area contributed by atoms with E-state index in [-0.39, 0.29) is 11.3 Å². The Morgan fingerprint density at radius 2 is 2.16 bits per heavy atom. The van der Waals surface area contributed by atoms with Gasteiger partial charge in [-0.05, 0) is 46.9 Å². The van der Waals surface area contributed by atoms with Gasteiger partial charge < -0.3 is 16.2 Å². The lowest BCUT2D eigenvalue weighted by Gasteiger charge is -2.10. The minimum atomic E-state index is -1.07. The number of nitrogens with one attached hydrogen (secondary N) is 1. The third kappa shape index (κ3) is 3.27. The lowest BCUT2D eigenvalue weighted by atomic mass is 10.2. The van der Waals surface area contributed by atoms with E-state index in [1.165, 1.54) is 12.3 Å². The molecule has 4 N–H and O–H groups in total. The summed E-state index contributed by atoms with van der Waals surface area (Å²) in [6.45, 7) is 0. The van der Waals surface area contributed by atoms with Crippen molar-refractivity contribution in [2.75, 3.05) is 11.1 Å². The summed E-state index contributed by atoms with van der Waals surface area (Å²) in [5.74, 6) is -0.703. The van der Waals surface area contributed by atoms with Gasteiger partial charge in [-0.25, -0.2) is 9.78 Å². The Morgan fingerprint density at radius 1 is 1.42 bits per heavy atom. The molecule has 0 aliphatic rings. The van der Waals surface area contributed by atoms with Crippen molar-refractivity contribution < 1.29 is 9.90 Å². The summed E-state index contributed by atoms with van der Waals surface area (Å²) in [7, 11) is 0. The third-order valence-electron chi connectivity index (χ3n) is 2.35. The van der Waals surface area contributed by atoms with Crippen molar-refractivity contribution in [3.05, 3.63) is 44.6 Å². The van der Waals surface area contributed by atoms with Crippen LogP contribution in [0, 0.1) is 3.57 Å². The van der Waals surface area contributed by atoms with Gasteiger partial charge in [-0.1, -0.05) is 11.6 Å². The van der Waals surface area contributed by atoms with E-state index in [4.69, 9.17) is 22.4 Å². The number of nitrogen functional groups attached to an aromatic ring is 1. The van der Waals surface area contributed by atoms with Gasteiger partial charge in [0.1, 0.15) is 0 Å². The van der Waals surface area contributed by atoms with Crippen molar-refractivity contribution in [3.8, 4) is 0 Å². The number of halogens is 2. The van der Waals surface area contributed by atoms with Crippen molar-refractivity contribution in [1.29, 1.82) is 0 Å². The number of nitrogens with two attached hydrogens (primary N) is 1. The van der Waals surface area contributed by atoms with Crippen LogP contribution in [0.4, 0.5) is 17.2 Å². The molecule has 0 bridgehead atoms. The molecule has 19 heavy (non-hydrogen) atoms. The summed E-state index contributed by atoms with van der Waals surface area (Å²) in [5, 5.41) is 12.3. The van der Waals surface area contributed by atoms with Crippen LogP contribution in [-0.2, 0) is 0 Å². The maximum atomic E-state index is 10.8. The summed E-state index contributed by atoms with van der Waals surface area (Å²) < 4.78 is 1.01. The van der Waals surface area contributed by atoms with E-state index < -0.39 is 5.97 Å². The Kier molecular flexibility index (Phi) is 4.11. The van der Waals surface area contributed by atoms with Gasteiger partial charge >= 0.3 is 5.97 Å². The fraction of sp³-hybridized carbons (Fsp3) is 0. The predicted octanol–water partition coefficient (Wildman–Crippen LogP) is 3.36. The SMILES string of the molecule is Nc1cc(C(=O)O)cnc1Nc1ccc(I)cc1Cl.